The Hall–Kier alpha value is -1.60. The summed E-state index contributed by atoms with van der Waals surface area (Å²) >= 11 is 5.99. The molecular formula is C19H19ClO. The second-order valence-corrected chi connectivity index (χ2v) is 6.90. The summed E-state index contributed by atoms with van der Waals surface area (Å²) in [6.45, 7) is 4.37. The van der Waals surface area contributed by atoms with Crippen molar-refractivity contribution in [1.29, 1.82) is 0 Å². The number of Topliss-reactive ketones (excluding diaryl/α,β-unsaturated/α-hetero) is 1. The van der Waals surface area contributed by atoms with Gasteiger partial charge >= 0.3 is 0 Å². The van der Waals surface area contributed by atoms with Crippen molar-refractivity contribution in [3.05, 3.63) is 70.7 Å². The van der Waals surface area contributed by atoms with Gasteiger partial charge in [-0.05, 0) is 34.6 Å². The Morgan fingerprint density at radius 2 is 1.81 bits per heavy atom. The van der Waals surface area contributed by atoms with E-state index in [1.807, 2.05) is 42.5 Å². The predicted octanol–water partition coefficient (Wildman–Crippen LogP) is 4.89. The Morgan fingerprint density at radius 3 is 2.48 bits per heavy atom. The van der Waals surface area contributed by atoms with E-state index < -0.39 is 0 Å². The molecule has 0 aromatic heterocycles. The molecule has 0 bridgehead atoms. The summed E-state index contributed by atoms with van der Waals surface area (Å²) in [6, 6.07) is 17.9. The van der Waals surface area contributed by atoms with E-state index in [1.54, 1.807) is 0 Å². The molecule has 2 aromatic rings. The van der Waals surface area contributed by atoms with Crippen LogP contribution in [0.15, 0.2) is 54.6 Å². The number of rotatable bonds is 4. The van der Waals surface area contributed by atoms with Crippen molar-refractivity contribution in [3.63, 3.8) is 0 Å². The first-order chi connectivity index (χ1) is 10.00. The summed E-state index contributed by atoms with van der Waals surface area (Å²) in [7, 11) is 0. The number of hydrogen-bond donors (Lipinski definition) is 0. The van der Waals surface area contributed by atoms with Crippen LogP contribution in [0, 0.1) is 11.3 Å². The Morgan fingerprint density at radius 1 is 1.10 bits per heavy atom. The largest absolute Gasteiger partial charge is 0.299 e. The van der Waals surface area contributed by atoms with Gasteiger partial charge in [0.25, 0.3) is 0 Å². The van der Waals surface area contributed by atoms with Crippen molar-refractivity contribution in [2.45, 2.75) is 26.2 Å². The third kappa shape index (κ3) is 2.75. The molecule has 2 aromatic carbocycles. The molecule has 21 heavy (non-hydrogen) atoms. The van der Waals surface area contributed by atoms with Crippen molar-refractivity contribution in [2.24, 2.45) is 11.3 Å². The highest BCUT2D eigenvalue weighted by Crippen LogP contribution is 2.64. The van der Waals surface area contributed by atoms with Crippen LogP contribution in [0.3, 0.4) is 0 Å². The molecule has 0 N–H and O–H groups in total. The lowest BCUT2D eigenvalue weighted by atomic mass is 10.0. The van der Waals surface area contributed by atoms with E-state index in [0.29, 0.717) is 23.1 Å². The Kier molecular flexibility index (Phi) is 3.62. The average molecular weight is 299 g/mol. The minimum atomic E-state index is 0.0526. The SMILES string of the molecule is CC1(C)[C@H](C(=O)Cc2cccc(Cl)c2)[C@H]1c1ccccc1. The molecule has 2 atom stereocenters. The van der Waals surface area contributed by atoms with Gasteiger partial charge in [-0.3, -0.25) is 4.79 Å². The van der Waals surface area contributed by atoms with Gasteiger partial charge in [-0.25, -0.2) is 0 Å². The van der Waals surface area contributed by atoms with Crippen LogP contribution in [-0.2, 0) is 11.2 Å². The van der Waals surface area contributed by atoms with Gasteiger partial charge in [0.05, 0.1) is 0 Å². The van der Waals surface area contributed by atoms with Crippen molar-refractivity contribution >= 4 is 17.4 Å². The highest BCUT2D eigenvalue weighted by atomic mass is 35.5. The smallest absolute Gasteiger partial charge is 0.141 e. The average Bonchev–Trinajstić information content (AvgIpc) is 3.03. The van der Waals surface area contributed by atoms with Crippen LogP contribution in [0.4, 0.5) is 0 Å². The van der Waals surface area contributed by atoms with Gasteiger partial charge in [-0.15, -0.1) is 0 Å². The second-order valence-electron chi connectivity index (χ2n) is 6.46. The van der Waals surface area contributed by atoms with Crippen LogP contribution in [0.5, 0.6) is 0 Å². The topological polar surface area (TPSA) is 17.1 Å². The van der Waals surface area contributed by atoms with E-state index in [0.717, 1.165) is 5.56 Å². The zero-order valence-corrected chi connectivity index (χ0v) is 13.1. The van der Waals surface area contributed by atoms with Crippen LogP contribution in [0.2, 0.25) is 5.02 Å². The zero-order chi connectivity index (χ0) is 15.0. The Bertz CT molecular complexity index is 660. The minimum absolute atomic E-state index is 0.0526. The molecule has 0 radical (unpaired) electrons. The molecule has 1 fully saturated rings. The fraction of sp³-hybridized carbons (Fsp3) is 0.316. The maximum absolute atomic E-state index is 12.6. The lowest BCUT2D eigenvalue weighted by molar-refractivity contribution is -0.120. The molecule has 1 saturated carbocycles. The van der Waals surface area contributed by atoms with E-state index in [-0.39, 0.29) is 11.3 Å². The van der Waals surface area contributed by atoms with Gasteiger partial charge < -0.3 is 0 Å². The van der Waals surface area contributed by atoms with Crippen LogP contribution in [-0.4, -0.2) is 5.78 Å². The van der Waals surface area contributed by atoms with Gasteiger partial charge in [0, 0.05) is 17.4 Å². The maximum atomic E-state index is 12.6. The van der Waals surface area contributed by atoms with E-state index in [9.17, 15) is 4.79 Å². The van der Waals surface area contributed by atoms with Gasteiger partial charge in [0.2, 0.25) is 0 Å². The molecule has 0 amide bonds. The summed E-state index contributed by atoms with van der Waals surface area (Å²) in [5, 5.41) is 0.690. The standard InChI is InChI=1S/C19H19ClO/c1-19(2)17(14-8-4-3-5-9-14)18(19)16(21)12-13-7-6-10-15(20)11-13/h3-11,17-18H,12H2,1-2H3/t17-,18-/m1/s1. The van der Waals surface area contributed by atoms with Crippen LogP contribution in [0.1, 0.15) is 30.9 Å². The predicted molar refractivity (Wildman–Crippen MR) is 86.6 cm³/mol. The van der Waals surface area contributed by atoms with E-state index in [4.69, 9.17) is 11.6 Å². The lowest BCUT2D eigenvalue weighted by Gasteiger charge is -2.03. The maximum Gasteiger partial charge on any atom is 0.141 e. The Balaban J connectivity index is 1.77. The molecule has 3 rings (SSSR count). The molecule has 1 nitrogen and oxygen atoms in total. The van der Waals surface area contributed by atoms with Crippen molar-refractivity contribution in [1.82, 2.24) is 0 Å². The molecular weight excluding hydrogens is 280 g/mol. The van der Waals surface area contributed by atoms with E-state index in [1.165, 1.54) is 5.56 Å². The highest BCUT2D eigenvalue weighted by Gasteiger charge is 2.61. The first-order valence-corrected chi connectivity index (χ1v) is 7.70. The Labute approximate surface area is 131 Å². The summed E-state index contributed by atoms with van der Waals surface area (Å²) < 4.78 is 0. The first-order valence-electron chi connectivity index (χ1n) is 7.32. The second kappa shape index (κ2) is 5.31. The zero-order valence-electron chi connectivity index (χ0n) is 12.3. The van der Waals surface area contributed by atoms with Gasteiger partial charge in [-0.1, -0.05) is 67.9 Å². The molecule has 1 aliphatic rings. The normalized spacial score (nSPS) is 22.8. The molecule has 2 heteroatoms. The number of halogens is 1. The fourth-order valence-corrected chi connectivity index (χ4v) is 3.69. The van der Waals surface area contributed by atoms with Crippen LogP contribution < -0.4 is 0 Å². The third-order valence-corrected chi connectivity index (χ3v) is 4.84. The third-order valence-electron chi connectivity index (χ3n) is 4.60. The number of carbonyl (C=O) groups excluding carboxylic acids is 1. The minimum Gasteiger partial charge on any atom is -0.299 e. The molecule has 108 valence electrons. The van der Waals surface area contributed by atoms with Crippen LogP contribution in [0.25, 0.3) is 0 Å². The number of ketones is 1. The van der Waals surface area contributed by atoms with Crippen molar-refractivity contribution in [2.75, 3.05) is 0 Å². The van der Waals surface area contributed by atoms with Gasteiger partial charge in [-0.2, -0.15) is 0 Å². The van der Waals surface area contributed by atoms with Crippen molar-refractivity contribution < 1.29 is 4.79 Å². The number of carbonyl (C=O) groups is 1. The molecule has 1 aliphatic carbocycles. The summed E-state index contributed by atoms with van der Waals surface area (Å²) in [5.74, 6) is 0.764. The molecule has 0 spiro atoms. The molecule has 0 unspecified atom stereocenters. The van der Waals surface area contributed by atoms with E-state index in [2.05, 4.69) is 26.0 Å². The number of hydrogen-bond acceptors (Lipinski definition) is 1. The summed E-state index contributed by atoms with van der Waals surface area (Å²) in [4.78, 5) is 12.6. The van der Waals surface area contributed by atoms with Gasteiger partial charge in [0.15, 0.2) is 0 Å². The van der Waals surface area contributed by atoms with Crippen molar-refractivity contribution in [3.8, 4) is 0 Å². The lowest BCUT2D eigenvalue weighted by Crippen LogP contribution is -2.09. The molecule has 0 heterocycles. The van der Waals surface area contributed by atoms with Gasteiger partial charge in [0.1, 0.15) is 5.78 Å². The monoisotopic (exact) mass is 298 g/mol. The quantitative estimate of drug-likeness (QED) is 0.785. The number of benzene rings is 2. The summed E-state index contributed by atoms with van der Waals surface area (Å²) in [6.07, 6.45) is 0.470. The fourth-order valence-electron chi connectivity index (χ4n) is 3.48. The van der Waals surface area contributed by atoms with Crippen LogP contribution >= 0.6 is 11.6 Å². The molecule has 0 saturated heterocycles. The summed E-state index contributed by atoms with van der Waals surface area (Å²) in [5.41, 5.74) is 2.32. The first kappa shape index (κ1) is 14.3. The molecule has 0 aliphatic heterocycles. The van der Waals surface area contributed by atoms with E-state index >= 15 is 0 Å². The highest BCUT2D eigenvalue weighted by molar-refractivity contribution is 6.30.